The first-order chi connectivity index (χ1) is 14.7. The smallest absolute Gasteiger partial charge is 0.225 e. The van der Waals surface area contributed by atoms with E-state index in [0.717, 1.165) is 36.9 Å². The summed E-state index contributed by atoms with van der Waals surface area (Å²) in [7, 11) is 0. The molecule has 30 heavy (non-hydrogen) atoms. The Morgan fingerprint density at radius 2 is 1.77 bits per heavy atom. The van der Waals surface area contributed by atoms with Gasteiger partial charge in [0.1, 0.15) is 0 Å². The molecule has 2 aromatic carbocycles. The number of nitrogens with one attached hydrogen (secondary N) is 1. The van der Waals surface area contributed by atoms with Gasteiger partial charge in [-0.15, -0.1) is 0 Å². The quantitative estimate of drug-likeness (QED) is 0.679. The monoisotopic (exact) mass is 400 g/mol. The van der Waals surface area contributed by atoms with Crippen LogP contribution in [-0.4, -0.2) is 35.5 Å². The standard InChI is InChI=1S/C25H28N4O/c1-19-9-11-21(12-10-19)23-16-27-25(28-17-23)29-15-5-8-22(18-29)24(30)26-14-13-20-6-3-2-4-7-20/h2-4,6-7,9-12,16-17,22H,5,8,13-15,18H2,1H3,(H,26,30)/t22-/m1/s1. The van der Waals surface area contributed by atoms with E-state index < -0.39 is 0 Å². The van der Waals surface area contributed by atoms with Gasteiger partial charge in [0.25, 0.3) is 0 Å². The minimum Gasteiger partial charge on any atom is -0.355 e. The van der Waals surface area contributed by atoms with Crippen molar-refractivity contribution in [1.29, 1.82) is 0 Å². The molecule has 1 N–H and O–H groups in total. The molecule has 154 valence electrons. The summed E-state index contributed by atoms with van der Waals surface area (Å²) in [5.74, 6) is 0.814. The fourth-order valence-electron chi connectivity index (χ4n) is 3.87. The number of piperidine rings is 1. The van der Waals surface area contributed by atoms with Crippen molar-refractivity contribution < 1.29 is 4.79 Å². The first kappa shape index (κ1) is 20.1. The number of aryl methyl sites for hydroxylation is 1. The molecule has 2 heterocycles. The Hall–Kier alpha value is -3.21. The van der Waals surface area contributed by atoms with E-state index >= 15 is 0 Å². The molecule has 1 aliphatic heterocycles. The average Bonchev–Trinajstić information content (AvgIpc) is 2.80. The van der Waals surface area contributed by atoms with Crippen molar-refractivity contribution >= 4 is 11.9 Å². The highest BCUT2D eigenvalue weighted by atomic mass is 16.1. The Morgan fingerprint density at radius 3 is 2.50 bits per heavy atom. The van der Waals surface area contributed by atoms with Crippen LogP contribution in [0.1, 0.15) is 24.0 Å². The third-order valence-electron chi connectivity index (χ3n) is 5.65. The summed E-state index contributed by atoms with van der Waals surface area (Å²) in [6.07, 6.45) is 6.48. The van der Waals surface area contributed by atoms with E-state index in [1.165, 1.54) is 11.1 Å². The lowest BCUT2D eigenvalue weighted by Gasteiger charge is -2.32. The Balaban J connectivity index is 1.33. The number of rotatable bonds is 6. The number of amides is 1. The van der Waals surface area contributed by atoms with Crippen LogP contribution in [0.25, 0.3) is 11.1 Å². The van der Waals surface area contributed by atoms with Crippen LogP contribution in [0.15, 0.2) is 67.0 Å². The molecule has 0 unspecified atom stereocenters. The number of nitrogens with zero attached hydrogens (tertiary/aromatic N) is 3. The summed E-state index contributed by atoms with van der Waals surface area (Å²) in [5, 5.41) is 3.10. The largest absolute Gasteiger partial charge is 0.355 e. The molecule has 5 nitrogen and oxygen atoms in total. The van der Waals surface area contributed by atoms with Gasteiger partial charge in [-0.1, -0.05) is 60.2 Å². The lowest BCUT2D eigenvalue weighted by atomic mass is 9.97. The van der Waals surface area contributed by atoms with E-state index in [-0.39, 0.29) is 11.8 Å². The molecule has 0 saturated carbocycles. The molecule has 0 spiro atoms. The van der Waals surface area contributed by atoms with Gasteiger partial charge in [-0.25, -0.2) is 9.97 Å². The van der Waals surface area contributed by atoms with Crippen LogP contribution in [0, 0.1) is 12.8 Å². The summed E-state index contributed by atoms with van der Waals surface area (Å²) < 4.78 is 0. The fourth-order valence-corrected chi connectivity index (χ4v) is 3.87. The van der Waals surface area contributed by atoms with E-state index in [9.17, 15) is 4.79 Å². The maximum atomic E-state index is 12.7. The number of carbonyl (C=O) groups is 1. The van der Waals surface area contributed by atoms with Crippen LogP contribution in [0.5, 0.6) is 0 Å². The van der Waals surface area contributed by atoms with Crippen LogP contribution in [0.4, 0.5) is 5.95 Å². The van der Waals surface area contributed by atoms with E-state index in [0.29, 0.717) is 19.0 Å². The number of anilines is 1. The van der Waals surface area contributed by atoms with Crippen LogP contribution in [-0.2, 0) is 11.2 Å². The van der Waals surface area contributed by atoms with Gasteiger partial charge in [-0.2, -0.15) is 0 Å². The number of hydrogen-bond acceptors (Lipinski definition) is 4. The highest BCUT2D eigenvalue weighted by molar-refractivity contribution is 5.79. The zero-order chi connectivity index (χ0) is 20.8. The number of carbonyl (C=O) groups excluding carboxylic acids is 1. The van der Waals surface area contributed by atoms with Crippen molar-refractivity contribution in [2.75, 3.05) is 24.5 Å². The van der Waals surface area contributed by atoms with Gasteiger partial charge < -0.3 is 10.2 Å². The van der Waals surface area contributed by atoms with Crippen LogP contribution in [0.2, 0.25) is 0 Å². The Kier molecular flexibility index (Phi) is 6.38. The lowest BCUT2D eigenvalue weighted by molar-refractivity contribution is -0.125. The van der Waals surface area contributed by atoms with Crippen LogP contribution < -0.4 is 10.2 Å². The van der Waals surface area contributed by atoms with E-state index in [4.69, 9.17) is 0 Å². The highest BCUT2D eigenvalue weighted by Gasteiger charge is 2.26. The second kappa shape index (κ2) is 9.53. The van der Waals surface area contributed by atoms with Gasteiger partial charge in [0, 0.05) is 37.6 Å². The zero-order valence-corrected chi connectivity index (χ0v) is 17.4. The van der Waals surface area contributed by atoms with Gasteiger partial charge in [-0.3, -0.25) is 4.79 Å². The molecule has 1 aromatic heterocycles. The highest BCUT2D eigenvalue weighted by Crippen LogP contribution is 2.23. The first-order valence-electron chi connectivity index (χ1n) is 10.6. The van der Waals surface area contributed by atoms with E-state index in [1.54, 1.807) is 0 Å². The topological polar surface area (TPSA) is 58.1 Å². The van der Waals surface area contributed by atoms with Crippen molar-refractivity contribution in [1.82, 2.24) is 15.3 Å². The van der Waals surface area contributed by atoms with E-state index in [1.807, 2.05) is 30.6 Å². The summed E-state index contributed by atoms with van der Waals surface area (Å²) >= 11 is 0. The Bertz CT molecular complexity index is 955. The van der Waals surface area contributed by atoms with Gasteiger partial charge in [-0.05, 0) is 37.3 Å². The second-order valence-corrected chi connectivity index (χ2v) is 7.95. The Morgan fingerprint density at radius 1 is 1.03 bits per heavy atom. The average molecular weight is 401 g/mol. The van der Waals surface area contributed by atoms with Crippen molar-refractivity contribution in [3.63, 3.8) is 0 Å². The lowest BCUT2D eigenvalue weighted by Crippen LogP contribution is -2.44. The number of benzene rings is 2. The summed E-state index contributed by atoms with van der Waals surface area (Å²) in [5.41, 5.74) is 4.59. The van der Waals surface area contributed by atoms with Crippen molar-refractivity contribution in [2.24, 2.45) is 5.92 Å². The van der Waals surface area contributed by atoms with Gasteiger partial charge in [0.05, 0.1) is 5.92 Å². The van der Waals surface area contributed by atoms with Gasteiger partial charge in [0.2, 0.25) is 11.9 Å². The predicted octanol–water partition coefficient (Wildman–Crippen LogP) is 4.03. The third kappa shape index (κ3) is 5.03. The molecule has 1 amide bonds. The van der Waals surface area contributed by atoms with Crippen molar-refractivity contribution in [2.45, 2.75) is 26.2 Å². The molecular weight excluding hydrogens is 372 g/mol. The molecule has 5 heteroatoms. The molecule has 0 radical (unpaired) electrons. The first-order valence-corrected chi connectivity index (χ1v) is 10.6. The minimum atomic E-state index is -0.0186. The molecule has 4 rings (SSSR count). The SMILES string of the molecule is Cc1ccc(-c2cnc(N3CCC[C@@H](C(=O)NCCc4ccccc4)C3)nc2)cc1. The van der Waals surface area contributed by atoms with Gasteiger partial charge >= 0.3 is 0 Å². The summed E-state index contributed by atoms with van der Waals surface area (Å²) in [4.78, 5) is 23.9. The predicted molar refractivity (Wildman–Crippen MR) is 120 cm³/mol. The zero-order valence-electron chi connectivity index (χ0n) is 17.4. The fraction of sp³-hybridized carbons (Fsp3) is 0.320. The van der Waals surface area contributed by atoms with Crippen LogP contribution in [0.3, 0.4) is 0 Å². The number of aromatic nitrogens is 2. The molecule has 0 aliphatic carbocycles. The Labute approximate surface area is 178 Å². The summed E-state index contributed by atoms with van der Waals surface area (Å²) in [6, 6.07) is 18.6. The normalized spacial score (nSPS) is 16.3. The minimum absolute atomic E-state index is 0.0186. The molecule has 0 bridgehead atoms. The molecule has 3 aromatic rings. The van der Waals surface area contributed by atoms with E-state index in [2.05, 4.69) is 63.5 Å². The van der Waals surface area contributed by atoms with Crippen molar-refractivity contribution in [3.8, 4) is 11.1 Å². The molecule has 1 saturated heterocycles. The molecule has 1 aliphatic rings. The molecule has 1 fully saturated rings. The second-order valence-electron chi connectivity index (χ2n) is 7.95. The number of hydrogen-bond donors (Lipinski definition) is 1. The maximum Gasteiger partial charge on any atom is 0.225 e. The van der Waals surface area contributed by atoms with Crippen LogP contribution >= 0.6 is 0 Å². The third-order valence-corrected chi connectivity index (χ3v) is 5.65. The molecular formula is C25H28N4O. The summed E-state index contributed by atoms with van der Waals surface area (Å²) in [6.45, 7) is 4.30. The van der Waals surface area contributed by atoms with Crippen molar-refractivity contribution in [3.05, 3.63) is 78.1 Å². The molecule has 1 atom stereocenters. The van der Waals surface area contributed by atoms with Gasteiger partial charge in [0.15, 0.2) is 0 Å². The maximum absolute atomic E-state index is 12.7.